The average molecular weight is 416 g/mol. The van der Waals surface area contributed by atoms with Crippen LogP contribution in [0.2, 0.25) is 10.0 Å². The summed E-state index contributed by atoms with van der Waals surface area (Å²) in [4.78, 5) is 25.0. The second kappa shape index (κ2) is 8.14. The van der Waals surface area contributed by atoms with Gasteiger partial charge >= 0.3 is 0 Å². The summed E-state index contributed by atoms with van der Waals surface area (Å²) < 4.78 is 0. The van der Waals surface area contributed by atoms with Crippen molar-refractivity contribution in [2.24, 2.45) is 5.73 Å². The van der Waals surface area contributed by atoms with Gasteiger partial charge in [0.15, 0.2) is 5.11 Å². The van der Waals surface area contributed by atoms with E-state index in [1.807, 2.05) is 13.8 Å². The highest BCUT2D eigenvalue weighted by Crippen LogP contribution is 2.33. The molecule has 0 fully saturated rings. The number of benzene rings is 1. The molecule has 0 atom stereocenters. The summed E-state index contributed by atoms with van der Waals surface area (Å²) in [7, 11) is 0. The van der Waals surface area contributed by atoms with Gasteiger partial charge in [-0.15, -0.1) is 11.3 Å². The lowest BCUT2D eigenvalue weighted by atomic mass is 10.1. The Balaban J connectivity index is 2.18. The number of thiophene rings is 1. The zero-order valence-corrected chi connectivity index (χ0v) is 16.6. The van der Waals surface area contributed by atoms with Crippen molar-refractivity contribution in [2.75, 3.05) is 5.32 Å². The van der Waals surface area contributed by atoms with Crippen molar-refractivity contribution in [1.29, 1.82) is 0 Å². The summed E-state index contributed by atoms with van der Waals surface area (Å²) in [6.45, 7) is 3.84. The van der Waals surface area contributed by atoms with Crippen LogP contribution in [0.1, 0.15) is 38.1 Å². The number of primary amides is 1. The van der Waals surface area contributed by atoms with Crippen LogP contribution in [0.3, 0.4) is 0 Å². The lowest BCUT2D eigenvalue weighted by molar-refractivity contribution is 0.0975. The number of amides is 2. The fraction of sp³-hybridized carbons (Fsp3) is 0.188. The summed E-state index contributed by atoms with van der Waals surface area (Å²) in [5.74, 6) is -1.01. The molecule has 0 saturated heterocycles. The summed E-state index contributed by atoms with van der Waals surface area (Å²) >= 11 is 18.3. The largest absolute Gasteiger partial charge is 0.365 e. The van der Waals surface area contributed by atoms with E-state index >= 15 is 0 Å². The van der Waals surface area contributed by atoms with Gasteiger partial charge in [0.05, 0.1) is 5.56 Å². The Bertz CT molecular complexity index is 845. The van der Waals surface area contributed by atoms with Crippen molar-refractivity contribution in [1.82, 2.24) is 5.32 Å². The van der Waals surface area contributed by atoms with Crippen LogP contribution in [0.25, 0.3) is 0 Å². The van der Waals surface area contributed by atoms with Gasteiger partial charge in [0.2, 0.25) is 0 Å². The fourth-order valence-electron chi connectivity index (χ4n) is 2.35. The van der Waals surface area contributed by atoms with E-state index in [0.29, 0.717) is 27.0 Å². The Hall–Kier alpha value is -1.67. The predicted octanol–water partition coefficient (Wildman–Crippen LogP) is 4.15. The molecule has 1 aromatic heterocycles. The molecule has 2 rings (SSSR count). The summed E-state index contributed by atoms with van der Waals surface area (Å²) in [5, 5.41) is 6.64. The van der Waals surface area contributed by atoms with Gasteiger partial charge in [-0.2, -0.15) is 0 Å². The van der Waals surface area contributed by atoms with Crippen LogP contribution >= 0.6 is 46.8 Å². The molecular weight excluding hydrogens is 401 g/mol. The molecule has 2 amide bonds. The molecule has 0 spiro atoms. The minimum atomic E-state index is -0.542. The standard InChI is InChI=1S/C16H15Cl2N3O2S2/c1-3-11-7(2)25-15(12(11)13(19)22)21-16(24)20-14(23)8-4-9(17)6-10(18)5-8/h4-6H,3H2,1-2H3,(H2,19,22)(H2,20,21,23,24). The summed E-state index contributed by atoms with van der Waals surface area (Å²) in [6, 6.07) is 4.48. The van der Waals surface area contributed by atoms with E-state index < -0.39 is 11.8 Å². The second-order valence-corrected chi connectivity index (χ2v) is 7.63. The third-order valence-electron chi connectivity index (χ3n) is 3.39. The SMILES string of the molecule is CCc1c(C)sc(NC(=S)NC(=O)c2cc(Cl)cc(Cl)c2)c1C(N)=O. The Morgan fingerprint density at radius 1 is 1.24 bits per heavy atom. The topological polar surface area (TPSA) is 84.2 Å². The van der Waals surface area contributed by atoms with Gasteiger partial charge in [-0.25, -0.2) is 0 Å². The minimum absolute atomic E-state index is 0.0486. The number of nitrogens with one attached hydrogen (secondary N) is 2. The van der Waals surface area contributed by atoms with Crippen molar-refractivity contribution < 1.29 is 9.59 Å². The van der Waals surface area contributed by atoms with Crippen LogP contribution < -0.4 is 16.4 Å². The normalized spacial score (nSPS) is 10.4. The van der Waals surface area contributed by atoms with E-state index in [-0.39, 0.29) is 10.7 Å². The van der Waals surface area contributed by atoms with Gasteiger partial charge in [0.25, 0.3) is 11.8 Å². The number of hydrogen-bond acceptors (Lipinski definition) is 4. The number of nitrogens with two attached hydrogens (primary N) is 1. The molecule has 25 heavy (non-hydrogen) atoms. The third-order valence-corrected chi connectivity index (χ3v) is 5.09. The van der Waals surface area contributed by atoms with E-state index in [2.05, 4.69) is 10.6 Å². The Labute approximate surface area is 164 Å². The quantitative estimate of drug-likeness (QED) is 0.654. The maximum absolute atomic E-state index is 12.3. The maximum atomic E-state index is 12.3. The lowest BCUT2D eigenvalue weighted by Crippen LogP contribution is -2.34. The molecule has 9 heteroatoms. The zero-order chi connectivity index (χ0) is 18.7. The van der Waals surface area contributed by atoms with Gasteiger partial charge in [0.1, 0.15) is 5.00 Å². The number of rotatable bonds is 4. The number of carbonyl (C=O) groups is 2. The second-order valence-electron chi connectivity index (χ2n) is 5.13. The van der Waals surface area contributed by atoms with Crippen molar-refractivity contribution >= 4 is 68.7 Å². The highest BCUT2D eigenvalue weighted by Gasteiger charge is 2.20. The molecule has 132 valence electrons. The molecular formula is C16H15Cl2N3O2S2. The number of halogens is 2. The first-order valence-electron chi connectivity index (χ1n) is 7.23. The van der Waals surface area contributed by atoms with Crippen LogP contribution in [-0.4, -0.2) is 16.9 Å². The summed E-state index contributed by atoms with van der Waals surface area (Å²) in [5.41, 5.74) is 7.01. The van der Waals surface area contributed by atoms with Crippen LogP contribution in [0.5, 0.6) is 0 Å². The molecule has 5 nitrogen and oxygen atoms in total. The van der Waals surface area contributed by atoms with Gasteiger partial charge in [0, 0.05) is 20.5 Å². The lowest BCUT2D eigenvalue weighted by Gasteiger charge is -2.10. The van der Waals surface area contributed by atoms with Gasteiger partial charge < -0.3 is 11.1 Å². The molecule has 0 saturated carbocycles. The Kier molecular flexibility index (Phi) is 6.40. The highest BCUT2D eigenvalue weighted by molar-refractivity contribution is 7.80. The molecule has 2 aromatic rings. The number of carbonyl (C=O) groups excluding carboxylic acids is 2. The molecule has 0 radical (unpaired) electrons. The monoisotopic (exact) mass is 415 g/mol. The van der Waals surface area contributed by atoms with Crippen LogP contribution in [0.4, 0.5) is 5.00 Å². The predicted molar refractivity (Wildman–Crippen MR) is 107 cm³/mol. The Morgan fingerprint density at radius 3 is 2.36 bits per heavy atom. The van der Waals surface area contributed by atoms with Crippen LogP contribution in [0.15, 0.2) is 18.2 Å². The smallest absolute Gasteiger partial charge is 0.257 e. The zero-order valence-electron chi connectivity index (χ0n) is 13.4. The first-order chi connectivity index (χ1) is 11.7. The van der Waals surface area contributed by atoms with Crippen molar-refractivity contribution in [2.45, 2.75) is 20.3 Å². The van der Waals surface area contributed by atoms with E-state index in [1.165, 1.54) is 29.5 Å². The fourth-order valence-corrected chi connectivity index (χ4v) is 4.29. The maximum Gasteiger partial charge on any atom is 0.257 e. The van der Waals surface area contributed by atoms with Crippen molar-refractivity contribution in [3.63, 3.8) is 0 Å². The first kappa shape index (κ1) is 19.7. The number of hydrogen-bond donors (Lipinski definition) is 3. The minimum Gasteiger partial charge on any atom is -0.365 e. The number of thiocarbonyl (C=S) groups is 1. The van der Waals surface area contributed by atoms with E-state index in [0.717, 1.165) is 10.4 Å². The van der Waals surface area contributed by atoms with Gasteiger partial charge in [-0.3, -0.25) is 14.9 Å². The van der Waals surface area contributed by atoms with Crippen LogP contribution in [-0.2, 0) is 6.42 Å². The molecule has 0 aliphatic carbocycles. The molecule has 1 aromatic carbocycles. The van der Waals surface area contributed by atoms with E-state index in [4.69, 9.17) is 41.2 Å². The van der Waals surface area contributed by atoms with Crippen molar-refractivity contribution in [3.8, 4) is 0 Å². The highest BCUT2D eigenvalue weighted by atomic mass is 35.5. The molecule has 4 N–H and O–H groups in total. The molecule has 0 bridgehead atoms. The van der Waals surface area contributed by atoms with E-state index in [9.17, 15) is 9.59 Å². The van der Waals surface area contributed by atoms with Gasteiger partial charge in [-0.1, -0.05) is 30.1 Å². The average Bonchev–Trinajstić information content (AvgIpc) is 2.81. The van der Waals surface area contributed by atoms with Crippen LogP contribution in [0, 0.1) is 6.92 Å². The molecule has 1 heterocycles. The Morgan fingerprint density at radius 2 is 1.84 bits per heavy atom. The first-order valence-corrected chi connectivity index (χ1v) is 9.21. The summed E-state index contributed by atoms with van der Waals surface area (Å²) in [6.07, 6.45) is 0.669. The number of anilines is 1. The number of aryl methyl sites for hydroxylation is 1. The third kappa shape index (κ3) is 4.70. The van der Waals surface area contributed by atoms with Crippen molar-refractivity contribution in [3.05, 3.63) is 49.8 Å². The van der Waals surface area contributed by atoms with E-state index in [1.54, 1.807) is 0 Å². The molecule has 0 aliphatic rings. The molecule has 0 aliphatic heterocycles. The molecule has 0 unspecified atom stereocenters. The van der Waals surface area contributed by atoms with Gasteiger partial charge in [-0.05, 0) is 49.3 Å².